The largest absolute Gasteiger partial charge is 0.458 e. The summed E-state index contributed by atoms with van der Waals surface area (Å²) >= 11 is 3.07. The number of nitro benzene ring substituents is 2. The summed E-state index contributed by atoms with van der Waals surface area (Å²) in [4.78, 5) is 58.3. The average molecular weight is 593 g/mol. The molecular weight excluding hydrogens is 568 g/mol. The first kappa shape index (κ1) is 30.0. The van der Waals surface area contributed by atoms with Crippen LogP contribution in [0.25, 0.3) is 0 Å². The van der Waals surface area contributed by atoms with E-state index in [1.54, 1.807) is 18.2 Å². The van der Waals surface area contributed by atoms with Crippen LogP contribution >= 0.6 is 15.9 Å². The van der Waals surface area contributed by atoms with Crippen molar-refractivity contribution >= 4 is 67.7 Å². The Kier molecular flexibility index (Phi) is 10.9. The first-order valence-corrected chi connectivity index (χ1v) is 12.1. The van der Waals surface area contributed by atoms with E-state index >= 15 is 0 Å². The van der Waals surface area contributed by atoms with Crippen LogP contribution in [0.1, 0.15) is 33.6 Å². The third kappa shape index (κ3) is 8.40. The van der Waals surface area contributed by atoms with Gasteiger partial charge in [0, 0.05) is 31.3 Å². The number of Topliss-reactive ketones (excluding diaryl/α,β-unsaturated/α-hetero) is 1. The molecule has 2 aromatic rings. The fourth-order valence-electron chi connectivity index (χ4n) is 3.20. The topological polar surface area (TPSA) is 187 Å². The molecule has 202 valence electrons. The van der Waals surface area contributed by atoms with Gasteiger partial charge in [0.25, 0.3) is 5.69 Å². The highest BCUT2D eigenvalue weighted by Crippen LogP contribution is 2.40. The molecule has 0 atom stereocenters. The van der Waals surface area contributed by atoms with Gasteiger partial charge in [0.2, 0.25) is 5.91 Å². The summed E-state index contributed by atoms with van der Waals surface area (Å²) in [5.74, 6) is -1.58. The maximum Gasteiger partial charge on any atom is 0.306 e. The number of anilines is 2. The zero-order valence-electron chi connectivity index (χ0n) is 20.8. The van der Waals surface area contributed by atoms with Crippen molar-refractivity contribution in [3.05, 3.63) is 55.0 Å². The number of nitrogens with one attached hydrogen (secondary N) is 1. The molecule has 0 aromatic heterocycles. The molecule has 2 aromatic carbocycles. The molecule has 14 nitrogen and oxygen atoms in total. The van der Waals surface area contributed by atoms with Crippen LogP contribution in [0.15, 0.2) is 45.0 Å². The summed E-state index contributed by atoms with van der Waals surface area (Å²) in [7, 11) is 0. The summed E-state index contributed by atoms with van der Waals surface area (Å²) in [6, 6.07) is 6.77. The molecule has 0 bridgehead atoms. The van der Waals surface area contributed by atoms with Crippen LogP contribution in [-0.4, -0.2) is 47.2 Å². The number of rotatable bonds is 13. The lowest BCUT2D eigenvalue weighted by atomic mass is 10.2. The molecule has 0 aliphatic heterocycles. The molecule has 0 aliphatic carbocycles. The van der Waals surface area contributed by atoms with Gasteiger partial charge >= 0.3 is 11.7 Å². The van der Waals surface area contributed by atoms with Gasteiger partial charge in [-0.3, -0.25) is 34.6 Å². The van der Waals surface area contributed by atoms with Crippen molar-refractivity contribution < 1.29 is 29.0 Å². The number of ketones is 1. The van der Waals surface area contributed by atoms with Crippen molar-refractivity contribution in [1.82, 2.24) is 0 Å². The van der Waals surface area contributed by atoms with Gasteiger partial charge in [-0.2, -0.15) is 0 Å². The number of azo groups is 1. The van der Waals surface area contributed by atoms with Gasteiger partial charge < -0.3 is 15.0 Å². The van der Waals surface area contributed by atoms with Gasteiger partial charge in [-0.1, -0.05) is 0 Å². The number of halogens is 1. The Hall–Kier alpha value is -4.27. The molecule has 0 spiro atoms. The Bertz CT molecular complexity index is 1280. The predicted molar refractivity (Wildman–Crippen MR) is 141 cm³/mol. The Labute approximate surface area is 225 Å². The third-order valence-corrected chi connectivity index (χ3v) is 5.67. The molecule has 0 radical (unpaired) electrons. The molecule has 0 heterocycles. The second kappa shape index (κ2) is 13.9. The molecule has 38 heavy (non-hydrogen) atoms. The Balaban J connectivity index is 2.39. The summed E-state index contributed by atoms with van der Waals surface area (Å²) in [6.45, 7) is 6.15. The normalized spacial score (nSPS) is 10.7. The summed E-state index contributed by atoms with van der Waals surface area (Å²) in [5, 5.41) is 33.3. The van der Waals surface area contributed by atoms with Gasteiger partial charge in [0.05, 0.1) is 32.5 Å². The second-order valence-corrected chi connectivity index (χ2v) is 8.65. The highest BCUT2D eigenvalue weighted by Gasteiger charge is 2.23. The molecule has 0 saturated heterocycles. The first-order valence-electron chi connectivity index (χ1n) is 11.3. The van der Waals surface area contributed by atoms with E-state index in [4.69, 9.17) is 4.74 Å². The van der Waals surface area contributed by atoms with Crippen molar-refractivity contribution in [2.24, 2.45) is 10.2 Å². The number of carbonyl (C=O) groups excluding carboxylic acids is 3. The number of nitro groups is 2. The maximum absolute atomic E-state index is 12.6. The van der Waals surface area contributed by atoms with Crippen molar-refractivity contribution in [2.45, 2.75) is 33.6 Å². The van der Waals surface area contributed by atoms with Gasteiger partial charge in [0.1, 0.15) is 12.3 Å². The number of amides is 1. The van der Waals surface area contributed by atoms with E-state index in [1.165, 1.54) is 6.92 Å². The summed E-state index contributed by atoms with van der Waals surface area (Å²) in [6.07, 6.45) is -0.490. The molecule has 0 unspecified atom stereocenters. The minimum Gasteiger partial charge on any atom is -0.458 e. The lowest BCUT2D eigenvalue weighted by Gasteiger charge is -2.22. The lowest BCUT2D eigenvalue weighted by molar-refractivity contribution is -0.393. The van der Waals surface area contributed by atoms with Gasteiger partial charge in [-0.15, -0.1) is 10.2 Å². The van der Waals surface area contributed by atoms with Crippen LogP contribution < -0.4 is 10.2 Å². The smallest absolute Gasteiger partial charge is 0.306 e. The van der Waals surface area contributed by atoms with Crippen molar-refractivity contribution in [1.29, 1.82) is 0 Å². The molecule has 2 rings (SSSR count). The fraction of sp³-hybridized carbons (Fsp3) is 0.348. The fourth-order valence-corrected chi connectivity index (χ4v) is 3.71. The zero-order valence-corrected chi connectivity index (χ0v) is 22.4. The van der Waals surface area contributed by atoms with E-state index in [9.17, 15) is 34.6 Å². The van der Waals surface area contributed by atoms with Crippen LogP contribution in [0.4, 0.5) is 34.1 Å². The maximum atomic E-state index is 12.6. The van der Waals surface area contributed by atoms with E-state index in [0.717, 1.165) is 17.8 Å². The summed E-state index contributed by atoms with van der Waals surface area (Å²) in [5.41, 5.74) is -0.259. The number of nitrogens with zero attached hydrogens (tertiary/aromatic N) is 5. The predicted octanol–water partition coefficient (Wildman–Crippen LogP) is 5.38. The van der Waals surface area contributed by atoms with E-state index in [2.05, 4.69) is 31.5 Å². The lowest BCUT2D eigenvalue weighted by Crippen LogP contribution is -2.22. The third-order valence-electron chi connectivity index (χ3n) is 5.07. The molecule has 0 fully saturated rings. The number of hydrogen-bond donors (Lipinski definition) is 1. The highest BCUT2D eigenvalue weighted by molar-refractivity contribution is 9.10. The molecular formula is C23H25BrN6O8. The van der Waals surface area contributed by atoms with Crippen LogP contribution in [0, 0.1) is 20.2 Å². The molecule has 0 saturated carbocycles. The number of hydrogen-bond acceptors (Lipinski definition) is 11. The zero-order chi connectivity index (χ0) is 28.4. The number of benzene rings is 2. The standard InChI is InChI=1S/C23H25BrN6O8/c1-4-28(5-2)15-6-7-18(19(11-15)25-21(32)8-9-22(33)38-13-14(3)31)26-27-23-17(24)10-16(29(34)35)12-20(23)30(36)37/h6-7,10-12H,4-5,8-9,13H2,1-3H3,(H,25,32). The molecule has 1 amide bonds. The highest BCUT2D eigenvalue weighted by atomic mass is 79.9. The number of ether oxygens (including phenoxy) is 1. The minimum absolute atomic E-state index is 0.0171. The van der Waals surface area contributed by atoms with Crippen LogP contribution in [0.3, 0.4) is 0 Å². The quantitative estimate of drug-likeness (QED) is 0.138. The van der Waals surface area contributed by atoms with Crippen molar-refractivity contribution in [3.8, 4) is 0 Å². The Morgan fingerprint density at radius 3 is 2.29 bits per heavy atom. The van der Waals surface area contributed by atoms with E-state index in [1.807, 2.05) is 18.7 Å². The van der Waals surface area contributed by atoms with Crippen molar-refractivity contribution in [2.75, 3.05) is 29.9 Å². The Morgan fingerprint density at radius 1 is 1.03 bits per heavy atom. The van der Waals surface area contributed by atoms with Gasteiger partial charge in [-0.25, -0.2) is 0 Å². The van der Waals surface area contributed by atoms with Gasteiger partial charge in [0.15, 0.2) is 11.5 Å². The second-order valence-electron chi connectivity index (χ2n) is 7.79. The number of non-ortho nitro benzene ring substituents is 1. The number of esters is 1. The van der Waals surface area contributed by atoms with E-state index in [0.29, 0.717) is 13.1 Å². The van der Waals surface area contributed by atoms with E-state index in [-0.39, 0.29) is 46.8 Å². The molecule has 15 heteroatoms. The van der Waals surface area contributed by atoms with E-state index < -0.39 is 33.1 Å². The average Bonchev–Trinajstić information content (AvgIpc) is 2.86. The summed E-state index contributed by atoms with van der Waals surface area (Å²) < 4.78 is 4.73. The Morgan fingerprint density at radius 2 is 1.71 bits per heavy atom. The van der Waals surface area contributed by atoms with Crippen LogP contribution in [0.2, 0.25) is 0 Å². The molecule has 0 aliphatic rings. The molecule has 1 N–H and O–H groups in total. The first-order chi connectivity index (χ1) is 18.0. The minimum atomic E-state index is -0.816. The van der Waals surface area contributed by atoms with Gasteiger partial charge in [-0.05, 0) is 54.9 Å². The monoisotopic (exact) mass is 592 g/mol. The van der Waals surface area contributed by atoms with Crippen LogP contribution in [0.5, 0.6) is 0 Å². The number of carbonyl (C=O) groups is 3. The van der Waals surface area contributed by atoms with Crippen molar-refractivity contribution in [3.63, 3.8) is 0 Å². The van der Waals surface area contributed by atoms with Crippen LogP contribution in [-0.2, 0) is 19.1 Å². The SMILES string of the molecule is CCN(CC)c1ccc(N=Nc2c(Br)cc([N+](=O)[O-])cc2[N+](=O)[O-])c(NC(=O)CCC(=O)OCC(C)=O)c1.